The molecule has 0 heterocycles. The van der Waals surface area contributed by atoms with Crippen LogP contribution in [0.15, 0.2) is 0 Å². The minimum Gasteiger partial charge on any atom is -0.381 e. The maximum Gasteiger partial charge on any atom is 0.253 e. The molecule has 3 heteroatoms. The SMILES string of the molecule is CN(CCC1CCC1)C(=O)C(C)(C)O. The summed E-state index contributed by atoms with van der Waals surface area (Å²) in [5.74, 6) is 0.629. The molecule has 1 fully saturated rings. The van der Waals surface area contributed by atoms with Crippen molar-refractivity contribution in [1.82, 2.24) is 4.90 Å². The molecule has 3 nitrogen and oxygen atoms in total. The highest BCUT2D eigenvalue weighted by Gasteiger charge is 2.27. The van der Waals surface area contributed by atoms with Crippen molar-refractivity contribution in [2.75, 3.05) is 13.6 Å². The van der Waals surface area contributed by atoms with Crippen LogP contribution in [0.3, 0.4) is 0 Å². The molecule has 1 amide bonds. The van der Waals surface area contributed by atoms with Gasteiger partial charge in [-0.3, -0.25) is 4.79 Å². The zero-order valence-corrected chi connectivity index (χ0v) is 9.42. The third kappa shape index (κ3) is 2.98. The molecule has 14 heavy (non-hydrogen) atoms. The summed E-state index contributed by atoms with van der Waals surface area (Å²) in [6.45, 7) is 3.85. The van der Waals surface area contributed by atoms with Gasteiger partial charge < -0.3 is 10.0 Å². The Kier molecular flexibility index (Phi) is 3.53. The number of hydrogen-bond donors (Lipinski definition) is 1. The maximum absolute atomic E-state index is 11.6. The lowest BCUT2D eigenvalue weighted by atomic mass is 9.83. The van der Waals surface area contributed by atoms with Gasteiger partial charge in [-0.1, -0.05) is 19.3 Å². The monoisotopic (exact) mass is 199 g/mol. The molecule has 1 N–H and O–H groups in total. The van der Waals surface area contributed by atoms with E-state index in [1.807, 2.05) is 0 Å². The van der Waals surface area contributed by atoms with Crippen LogP contribution in [0.5, 0.6) is 0 Å². The van der Waals surface area contributed by atoms with Crippen LogP contribution in [0.2, 0.25) is 0 Å². The Morgan fingerprint density at radius 1 is 1.50 bits per heavy atom. The summed E-state index contributed by atoms with van der Waals surface area (Å²) < 4.78 is 0. The molecular formula is C11H21NO2. The summed E-state index contributed by atoms with van der Waals surface area (Å²) in [4.78, 5) is 13.2. The highest BCUT2D eigenvalue weighted by atomic mass is 16.3. The number of carbonyl (C=O) groups is 1. The van der Waals surface area contributed by atoms with Crippen LogP contribution in [-0.2, 0) is 4.79 Å². The molecule has 0 aliphatic heterocycles. The van der Waals surface area contributed by atoms with Crippen molar-refractivity contribution in [2.24, 2.45) is 5.92 Å². The van der Waals surface area contributed by atoms with Gasteiger partial charge in [0.05, 0.1) is 0 Å². The zero-order valence-electron chi connectivity index (χ0n) is 9.42. The fourth-order valence-electron chi connectivity index (χ4n) is 1.73. The Morgan fingerprint density at radius 3 is 2.43 bits per heavy atom. The molecule has 0 bridgehead atoms. The van der Waals surface area contributed by atoms with E-state index in [-0.39, 0.29) is 5.91 Å². The number of amides is 1. The minimum atomic E-state index is -1.23. The van der Waals surface area contributed by atoms with Crippen molar-refractivity contribution >= 4 is 5.91 Å². The van der Waals surface area contributed by atoms with Gasteiger partial charge in [0.1, 0.15) is 5.60 Å². The van der Waals surface area contributed by atoms with Gasteiger partial charge in [0.15, 0.2) is 0 Å². The zero-order chi connectivity index (χ0) is 10.8. The summed E-state index contributed by atoms with van der Waals surface area (Å²) in [5, 5.41) is 9.50. The first-order valence-corrected chi connectivity index (χ1v) is 5.39. The molecule has 1 aliphatic carbocycles. The summed E-state index contributed by atoms with van der Waals surface area (Å²) in [5.41, 5.74) is -1.23. The lowest BCUT2D eigenvalue weighted by Crippen LogP contribution is -2.43. The van der Waals surface area contributed by atoms with Gasteiger partial charge in [-0.2, -0.15) is 0 Å². The van der Waals surface area contributed by atoms with Crippen molar-refractivity contribution in [2.45, 2.75) is 45.1 Å². The largest absolute Gasteiger partial charge is 0.381 e. The van der Waals surface area contributed by atoms with E-state index in [0.29, 0.717) is 0 Å². The standard InChI is InChI=1S/C11H21NO2/c1-11(2,14)10(13)12(3)8-7-9-5-4-6-9/h9,14H,4-8H2,1-3H3. The van der Waals surface area contributed by atoms with Gasteiger partial charge in [0.2, 0.25) is 0 Å². The lowest BCUT2D eigenvalue weighted by Gasteiger charge is -2.30. The number of aliphatic hydroxyl groups is 1. The normalized spacial score (nSPS) is 17.7. The molecule has 0 atom stereocenters. The second-order valence-electron chi connectivity index (χ2n) is 4.87. The molecule has 0 unspecified atom stereocenters. The molecule has 0 spiro atoms. The Hall–Kier alpha value is -0.570. The summed E-state index contributed by atoms with van der Waals surface area (Å²) in [7, 11) is 1.76. The molecule has 0 aromatic carbocycles. The van der Waals surface area contributed by atoms with E-state index < -0.39 is 5.60 Å². The molecule has 0 aromatic rings. The van der Waals surface area contributed by atoms with Crippen LogP contribution in [0.4, 0.5) is 0 Å². The third-order valence-corrected chi connectivity index (χ3v) is 2.97. The molecule has 82 valence electrons. The van der Waals surface area contributed by atoms with Gasteiger partial charge in [0.25, 0.3) is 5.91 Å². The average molecular weight is 199 g/mol. The van der Waals surface area contributed by atoms with E-state index in [0.717, 1.165) is 18.9 Å². The second kappa shape index (κ2) is 4.30. The van der Waals surface area contributed by atoms with Crippen LogP contribution in [0, 0.1) is 5.92 Å². The predicted octanol–water partition coefficient (Wildman–Crippen LogP) is 1.41. The smallest absolute Gasteiger partial charge is 0.253 e. The van der Waals surface area contributed by atoms with Crippen molar-refractivity contribution < 1.29 is 9.90 Å². The quantitative estimate of drug-likeness (QED) is 0.743. The third-order valence-electron chi connectivity index (χ3n) is 2.97. The van der Waals surface area contributed by atoms with Gasteiger partial charge in [-0.25, -0.2) is 0 Å². The Bertz CT molecular complexity index is 204. The van der Waals surface area contributed by atoms with Crippen LogP contribution >= 0.6 is 0 Å². The van der Waals surface area contributed by atoms with Crippen LogP contribution < -0.4 is 0 Å². The number of likely N-dealkylation sites (N-methyl/N-ethyl adjacent to an activating group) is 1. The fourth-order valence-corrected chi connectivity index (χ4v) is 1.73. The van der Waals surface area contributed by atoms with Gasteiger partial charge in [-0.05, 0) is 26.2 Å². The van der Waals surface area contributed by atoms with Crippen LogP contribution in [0.1, 0.15) is 39.5 Å². The highest BCUT2D eigenvalue weighted by molar-refractivity contribution is 5.83. The van der Waals surface area contributed by atoms with E-state index in [2.05, 4.69) is 0 Å². The summed E-state index contributed by atoms with van der Waals surface area (Å²) in [6.07, 6.45) is 5.04. The van der Waals surface area contributed by atoms with Crippen LogP contribution in [0.25, 0.3) is 0 Å². The fraction of sp³-hybridized carbons (Fsp3) is 0.909. The lowest BCUT2D eigenvalue weighted by molar-refractivity contribution is -0.146. The van der Waals surface area contributed by atoms with E-state index in [9.17, 15) is 9.90 Å². The predicted molar refractivity (Wildman–Crippen MR) is 55.9 cm³/mol. The molecular weight excluding hydrogens is 178 g/mol. The average Bonchev–Trinajstić information content (AvgIpc) is 1.98. The molecule has 1 rings (SSSR count). The first kappa shape index (κ1) is 11.5. The van der Waals surface area contributed by atoms with E-state index >= 15 is 0 Å². The summed E-state index contributed by atoms with van der Waals surface area (Å²) >= 11 is 0. The highest BCUT2D eigenvalue weighted by Crippen LogP contribution is 2.29. The van der Waals surface area contributed by atoms with Crippen molar-refractivity contribution in [3.63, 3.8) is 0 Å². The first-order chi connectivity index (χ1) is 6.41. The van der Waals surface area contributed by atoms with Gasteiger partial charge in [-0.15, -0.1) is 0 Å². The first-order valence-electron chi connectivity index (χ1n) is 5.39. The van der Waals surface area contributed by atoms with Crippen molar-refractivity contribution in [1.29, 1.82) is 0 Å². The van der Waals surface area contributed by atoms with Crippen molar-refractivity contribution in [3.05, 3.63) is 0 Å². The van der Waals surface area contributed by atoms with Gasteiger partial charge in [0, 0.05) is 13.6 Å². The Labute approximate surface area is 86.1 Å². The van der Waals surface area contributed by atoms with Crippen LogP contribution in [-0.4, -0.2) is 35.1 Å². The second-order valence-corrected chi connectivity index (χ2v) is 4.87. The van der Waals surface area contributed by atoms with Gasteiger partial charge >= 0.3 is 0 Å². The minimum absolute atomic E-state index is 0.183. The van der Waals surface area contributed by atoms with E-state index in [1.54, 1.807) is 11.9 Å². The van der Waals surface area contributed by atoms with E-state index in [4.69, 9.17) is 0 Å². The molecule has 0 aromatic heterocycles. The number of rotatable bonds is 4. The Balaban J connectivity index is 2.26. The molecule has 0 saturated heterocycles. The van der Waals surface area contributed by atoms with Crippen molar-refractivity contribution in [3.8, 4) is 0 Å². The maximum atomic E-state index is 11.6. The molecule has 0 radical (unpaired) electrons. The summed E-state index contributed by atoms with van der Waals surface area (Å²) in [6, 6.07) is 0. The molecule has 1 aliphatic rings. The number of nitrogens with zero attached hydrogens (tertiary/aromatic N) is 1. The number of hydrogen-bond acceptors (Lipinski definition) is 2. The molecule has 1 saturated carbocycles. The topological polar surface area (TPSA) is 40.5 Å². The Morgan fingerprint density at radius 2 is 2.07 bits per heavy atom. The number of carbonyl (C=O) groups excluding carboxylic acids is 1. The van der Waals surface area contributed by atoms with E-state index in [1.165, 1.54) is 33.1 Å².